The van der Waals surface area contributed by atoms with Crippen molar-refractivity contribution in [3.05, 3.63) is 76.2 Å². The highest BCUT2D eigenvalue weighted by molar-refractivity contribution is 7.12. The molecule has 0 bridgehead atoms. The monoisotopic (exact) mass is 487 g/mol. The van der Waals surface area contributed by atoms with Crippen LogP contribution in [0.2, 0.25) is 0 Å². The van der Waals surface area contributed by atoms with Crippen molar-refractivity contribution in [1.82, 2.24) is 14.5 Å². The lowest BCUT2D eigenvalue weighted by atomic mass is 10.1. The Morgan fingerprint density at radius 2 is 2.06 bits per heavy atom. The molecule has 35 heavy (non-hydrogen) atoms. The second kappa shape index (κ2) is 10.6. The molecule has 0 spiro atoms. The van der Waals surface area contributed by atoms with Crippen molar-refractivity contribution in [2.75, 3.05) is 20.2 Å². The van der Waals surface area contributed by atoms with Crippen LogP contribution in [-0.2, 0) is 13.0 Å². The number of nitrogens with two attached hydrogens (primary N) is 1. The van der Waals surface area contributed by atoms with Crippen LogP contribution in [0.5, 0.6) is 5.75 Å². The number of imidazole rings is 1. The summed E-state index contributed by atoms with van der Waals surface area (Å²) in [5.74, 6) is 2.52. The highest BCUT2D eigenvalue weighted by Crippen LogP contribution is 2.27. The predicted octanol–water partition coefficient (Wildman–Crippen LogP) is 5.61. The Hall–Kier alpha value is -3.16. The van der Waals surface area contributed by atoms with Gasteiger partial charge in [-0.15, -0.1) is 11.3 Å². The summed E-state index contributed by atoms with van der Waals surface area (Å²) in [7, 11) is 2.24. The standard InChI is InChI=1S/C28H33N5OS/c1-3-34-23-11-8-20(9-12-23)18-27-31-24-19-21(30-28(29)26-7-5-17-35-26)10-13-25(24)33(27)16-14-22-6-4-15-32(22)2/h5,7-13,17,19,22H,3-4,6,14-16,18H2,1-2H3,(H2,29,30). The van der Waals surface area contributed by atoms with E-state index in [0.717, 1.165) is 52.6 Å². The summed E-state index contributed by atoms with van der Waals surface area (Å²) >= 11 is 1.60. The zero-order valence-corrected chi connectivity index (χ0v) is 21.3. The maximum absolute atomic E-state index is 6.24. The third kappa shape index (κ3) is 5.41. The molecule has 2 aromatic carbocycles. The Bertz CT molecular complexity index is 1290. The molecule has 2 N–H and O–H groups in total. The second-order valence-corrected chi connectivity index (χ2v) is 10.1. The average molecular weight is 488 g/mol. The minimum absolute atomic E-state index is 0.540. The fourth-order valence-corrected chi connectivity index (χ4v) is 5.54. The van der Waals surface area contributed by atoms with Crippen molar-refractivity contribution in [2.24, 2.45) is 10.7 Å². The number of benzene rings is 2. The van der Waals surface area contributed by atoms with Gasteiger partial charge in [-0.2, -0.15) is 0 Å². The molecule has 4 aromatic rings. The summed E-state index contributed by atoms with van der Waals surface area (Å²) < 4.78 is 8.01. The number of aryl methyl sites for hydroxylation is 1. The molecule has 1 saturated heterocycles. The molecule has 0 radical (unpaired) electrons. The molecular formula is C28H33N5OS. The van der Waals surface area contributed by atoms with E-state index in [1.165, 1.54) is 24.9 Å². The average Bonchev–Trinajstić information content (AvgIpc) is 3.60. The first-order chi connectivity index (χ1) is 17.1. The van der Waals surface area contributed by atoms with Crippen LogP contribution in [0.4, 0.5) is 5.69 Å². The van der Waals surface area contributed by atoms with Gasteiger partial charge >= 0.3 is 0 Å². The van der Waals surface area contributed by atoms with Gasteiger partial charge in [-0.25, -0.2) is 9.98 Å². The second-order valence-electron chi connectivity index (χ2n) is 9.15. The molecule has 182 valence electrons. The number of rotatable bonds is 9. The van der Waals surface area contributed by atoms with Gasteiger partial charge in [-0.3, -0.25) is 0 Å². The lowest BCUT2D eigenvalue weighted by molar-refractivity contribution is 0.286. The number of nitrogens with zero attached hydrogens (tertiary/aromatic N) is 4. The van der Waals surface area contributed by atoms with Gasteiger partial charge in [-0.1, -0.05) is 18.2 Å². The van der Waals surface area contributed by atoms with E-state index in [-0.39, 0.29) is 0 Å². The fourth-order valence-electron chi connectivity index (χ4n) is 4.92. The number of amidine groups is 1. The molecule has 2 aromatic heterocycles. The summed E-state index contributed by atoms with van der Waals surface area (Å²) in [5, 5.41) is 2.01. The van der Waals surface area contributed by atoms with E-state index in [0.29, 0.717) is 18.5 Å². The highest BCUT2D eigenvalue weighted by Gasteiger charge is 2.21. The summed E-state index contributed by atoms with van der Waals surface area (Å²) in [4.78, 5) is 13.2. The van der Waals surface area contributed by atoms with Crippen LogP contribution in [-0.4, -0.2) is 46.5 Å². The number of thiophene rings is 1. The number of likely N-dealkylation sites (tertiary alicyclic amines) is 1. The zero-order chi connectivity index (χ0) is 24.2. The quantitative estimate of drug-likeness (QED) is 0.246. The van der Waals surface area contributed by atoms with E-state index in [2.05, 4.69) is 45.8 Å². The van der Waals surface area contributed by atoms with Gasteiger partial charge in [0, 0.05) is 19.0 Å². The van der Waals surface area contributed by atoms with Crippen molar-refractivity contribution in [2.45, 2.75) is 45.2 Å². The molecule has 1 aliphatic rings. The summed E-state index contributed by atoms with van der Waals surface area (Å²) in [6.45, 7) is 4.83. The van der Waals surface area contributed by atoms with Crippen LogP contribution < -0.4 is 10.5 Å². The molecular weight excluding hydrogens is 454 g/mol. The van der Waals surface area contributed by atoms with Crippen LogP contribution >= 0.6 is 11.3 Å². The number of hydrogen-bond acceptors (Lipinski definition) is 5. The Kier molecular flexibility index (Phi) is 7.16. The summed E-state index contributed by atoms with van der Waals surface area (Å²) in [6, 6.07) is 19.2. The molecule has 7 heteroatoms. The molecule has 3 heterocycles. The zero-order valence-electron chi connectivity index (χ0n) is 20.5. The topological polar surface area (TPSA) is 68.7 Å². The van der Waals surface area contributed by atoms with Crippen molar-refractivity contribution < 1.29 is 4.74 Å². The predicted molar refractivity (Wildman–Crippen MR) is 145 cm³/mol. The molecule has 1 unspecified atom stereocenters. The van der Waals surface area contributed by atoms with Crippen LogP contribution in [0, 0.1) is 0 Å². The minimum Gasteiger partial charge on any atom is -0.494 e. The molecule has 0 amide bonds. The number of ether oxygens (including phenoxy) is 1. The van der Waals surface area contributed by atoms with Gasteiger partial charge < -0.3 is 19.9 Å². The molecule has 0 saturated carbocycles. The number of hydrogen-bond donors (Lipinski definition) is 1. The van der Waals surface area contributed by atoms with Crippen molar-refractivity contribution >= 4 is 33.9 Å². The SMILES string of the molecule is CCOc1ccc(Cc2nc3cc(N=C(N)c4cccs4)ccc3n2CCC2CCCN2C)cc1. The molecule has 0 aliphatic carbocycles. The van der Waals surface area contributed by atoms with Crippen molar-refractivity contribution in [3.63, 3.8) is 0 Å². The van der Waals surface area contributed by atoms with Gasteiger partial charge in [-0.05, 0) is 87.1 Å². The Morgan fingerprint density at radius 3 is 2.77 bits per heavy atom. The normalized spacial score (nSPS) is 16.9. The van der Waals surface area contributed by atoms with Gasteiger partial charge in [0.05, 0.1) is 28.2 Å². The van der Waals surface area contributed by atoms with Crippen molar-refractivity contribution in [1.29, 1.82) is 0 Å². The lowest BCUT2D eigenvalue weighted by Gasteiger charge is -2.20. The Balaban J connectivity index is 1.45. The Morgan fingerprint density at radius 1 is 1.20 bits per heavy atom. The first kappa shape index (κ1) is 23.6. The van der Waals surface area contributed by atoms with Crippen LogP contribution in [0.25, 0.3) is 11.0 Å². The first-order valence-electron chi connectivity index (χ1n) is 12.4. The van der Waals surface area contributed by atoms with Gasteiger partial charge in [0.15, 0.2) is 0 Å². The third-order valence-corrected chi connectivity index (χ3v) is 7.68. The lowest BCUT2D eigenvalue weighted by Crippen LogP contribution is -2.26. The largest absolute Gasteiger partial charge is 0.494 e. The summed E-state index contributed by atoms with van der Waals surface area (Å²) in [6.07, 6.45) is 4.47. The molecule has 6 nitrogen and oxygen atoms in total. The van der Waals surface area contributed by atoms with Gasteiger partial charge in [0.1, 0.15) is 17.4 Å². The van der Waals surface area contributed by atoms with E-state index in [9.17, 15) is 0 Å². The van der Waals surface area contributed by atoms with E-state index in [1.807, 2.05) is 42.6 Å². The van der Waals surface area contributed by atoms with E-state index in [1.54, 1.807) is 11.3 Å². The number of aromatic nitrogens is 2. The Labute approximate surface area is 211 Å². The van der Waals surface area contributed by atoms with Crippen LogP contribution in [0.1, 0.15) is 42.5 Å². The van der Waals surface area contributed by atoms with Gasteiger partial charge in [0.2, 0.25) is 0 Å². The highest BCUT2D eigenvalue weighted by atomic mass is 32.1. The maximum Gasteiger partial charge on any atom is 0.141 e. The first-order valence-corrected chi connectivity index (χ1v) is 13.3. The van der Waals surface area contributed by atoms with Crippen LogP contribution in [0.15, 0.2) is 65.0 Å². The van der Waals surface area contributed by atoms with Gasteiger partial charge in [0.25, 0.3) is 0 Å². The number of aliphatic imine (C=N–C) groups is 1. The van der Waals surface area contributed by atoms with E-state index >= 15 is 0 Å². The van der Waals surface area contributed by atoms with E-state index < -0.39 is 0 Å². The molecule has 1 atom stereocenters. The summed E-state index contributed by atoms with van der Waals surface area (Å²) in [5.41, 5.74) is 10.4. The fraction of sp³-hybridized carbons (Fsp3) is 0.357. The van der Waals surface area contributed by atoms with E-state index in [4.69, 9.17) is 15.5 Å². The smallest absolute Gasteiger partial charge is 0.141 e. The molecule has 1 aliphatic heterocycles. The maximum atomic E-state index is 6.24. The van der Waals surface area contributed by atoms with Crippen LogP contribution in [0.3, 0.4) is 0 Å². The number of fused-ring (bicyclic) bond motifs is 1. The third-order valence-electron chi connectivity index (χ3n) is 6.79. The molecule has 5 rings (SSSR count). The minimum atomic E-state index is 0.540. The van der Waals surface area contributed by atoms with Crippen molar-refractivity contribution in [3.8, 4) is 5.75 Å². The molecule has 1 fully saturated rings.